The first kappa shape index (κ1) is 20.1. The van der Waals surface area contributed by atoms with Crippen LogP contribution in [0.3, 0.4) is 0 Å². The molecule has 2 rings (SSSR count). The van der Waals surface area contributed by atoms with Crippen LogP contribution in [0.1, 0.15) is 51.0 Å². The maximum atomic E-state index is 13.6. The Morgan fingerprint density at radius 3 is 2.81 bits per heavy atom. The van der Waals surface area contributed by atoms with Gasteiger partial charge in [-0.1, -0.05) is 12.1 Å². The fourth-order valence-electron chi connectivity index (χ4n) is 3.35. The summed E-state index contributed by atoms with van der Waals surface area (Å²) in [7, 11) is 0. The van der Waals surface area contributed by atoms with Crippen LogP contribution in [0, 0.1) is 11.7 Å². The summed E-state index contributed by atoms with van der Waals surface area (Å²) in [4.78, 5) is 37.7. The number of carbonyl (C=O) groups is 3. The van der Waals surface area contributed by atoms with Crippen molar-refractivity contribution in [3.8, 4) is 0 Å². The quantitative estimate of drug-likeness (QED) is 0.633. The zero-order valence-corrected chi connectivity index (χ0v) is 15.4. The smallest absolute Gasteiger partial charge is 0.315 e. The van der Waals surface area contributed by atoms with E-state index < -0.39 is 17.7 Å². The lowest BCUT2D eigenvalue weighted by molar-refractivity contribution is -0.146. The maximum absolute atomic E-state index is 13.6. The van der Waals surface area contributed by atoms with E-state index in [0.29, 0.717) is 31.4 Å². The van der Waals surface area contributed by atoms with Gasteiger partial charge in [-0.25, -0.2) is 4.39 Å². The summed E-state index contributed by atoms with van der Waals surface area (Å²) in [5, 5.41) is 0. The molecule has 142 valence electrons. The number of halogens is 1. The molecule has 1 unspecified atom stereocenters. The van der Waals surface area contributed by atoms with E-state index in [9.17, 15) is 18.8 Å². The van der Waals surface area contributed by atoms with Crippen molar-refractivity contribution in [2.24, 2.45) is 5.92 Å². The van der Waals surface area contributed by atoms with E-state index in [1.807, 2.05) is 0 Å². The van der Waals surface area contributed by atoms with E-state index in [2.05, 4.69) is 0 Å². The molecule has 1 aromatic carbocycles. The minimum atomic E-state index is -0.703. The molecule has 1 aliphatic rings. The first-order valence-corrected chi connectivity index (χ1v) is 9.12. The van der Waals surface area contributed by atoms with Gasteiger partial charge in [-0.15, -0.1) is 0 Å². The minimum Gasteiger partial charge on any atom is -0.465 e. The lowest BCUT2D eigenvalue weighted by Gasteiger charge is -2.23. The van der Waals surface area contributed by atoms with Gasteiger partial charge in [0.15, 0.2) is 0 Å². The standard InChI is InChI=1S/C20H26FNO4/c1-3-26-20(25)18(16-8-5-9-17(21)12-16)13-22-11-10-15(19(22)24)7-4-6-14(2)23/h5,8-9,12,15,18H,3-4,6-7,10-11,13H2,1-2H3/t15-,18?/m0/s1. The molecule has 5 nitrogen and oxygen atoms in total. The van der Waals surface area contributed by atoms with Crippen molar-refractivity contribution in [2.75, 3.05) is 19.7 Å². The van der Waals surface area contributed by atoms with Crippen molar-refractivity contribution in [2.45, 2.75) is 45.4 Å². The Balaban J connectivity index is 2.05. The van der Waals surface area contributed by atoms with Gasteiger partial charge in [-0.05, 0) is 50.8 Å². The monoisotopic (exact) mass is 363 g/mol. The Morgan fingerprint density at radius 1 is 1.38 bits per heavy atom. The molecule has 1 aromatic rings. The number of amides is 1. The summed E-state index contributed by atoms with van der Waals surface area (Å²) in [6.07, 6.45) is 2.58. The number of benzene rings is 1. The van der Waals surface area contributed by atoms with Crippen molar-refractivity contribution >= 4 is 17.7 Å². The molecule has 0 bridgehead atoms. The molecule has 1 saturated heterocycles. The average Bonchev–Trinajstić information content (AvgIpc) is 2.92. The molecular formula is C20H26FNO4. The molecule has 0 saturated carbocycles. The predicted molar refractivity (Wildman–Crippen MR) is 95.0 cm³/mol. The molecule has 0 spiro atoms. The van der Waals surface area contributed by atoms with Crippen LogP contribution in [0.25, 0.3) is 0 Å². The molecule has 0 aliphatic carbocycles. The number of hydrogen-bond donors (Lipinski definition) is 0. The SMILES string of the molecule is CCOC(=O)C(CN1CC[C@H](CCCC(C)=O)C1=O)c1cccc(F)c1. The van der Waals surface area contributed by atoms with Gasteiger partial charge in [0.05, 0.1) is 12.5 Å². The Hall–Kier alpha value is -2.24. The van der Waals surface area contributed by atoms with Gasteiger partial charge in [0.1, 0.15) is 11.6 Å². The highest BCUT2D eigenvalue weighted by atomic mass is 19.1. The number of ether oxygens (including phenoxy) is 1. The van der Waals surface area contributed by atoms with Crippen LogP contribution < -0.4 is 0 Å². The van der Waals surface area contributed by atoms with Crippen molar-refractivity contribution in [1.82, 2.24) is 4.90 Å². The number of hydrogen-bond acceptors (Lipinski definition) is 4. The van der Waals surface area contributed by atoms with Crippen LogP contribution in [0.5, 0.6) is 0 Å². The molecule has 1 amide bonds. The number of rotatable bonds is 9. The first-order chi connectivity index (χ1) is 12.4. The normalized spacial score (nSPS) is 18.0. The lowest BCUT2D eigenvalue weighted by atomic mass is 9.98. The first-order valence-electron chi connectivity index (χ1n) is 9.12. The van der Waals surface area contributed by atoms with Gasteiger partial charge < -0.3 is 14.4 Å². The van der Waals surface area contributed by atoms with Gasteiger partial charge in [-0.2, -0.15) is 0 Å². The summed E-state index contributed by atoms with van der Waals surface area (Å²) in [5.41, 5.74) is 0.510. The van der Waals surface area contributed by atoms with Crippen LogP contribution in [-0.2, 0) is 19.1 Å². The summed E-state index contributed by atoms with van der Waals surface area (Å²) < 4.78 is 18.7. The van der Waals surface area contributed by atoms with E-state index in [-0.39, 0.29) is 30.8 Å². The Kier molecular flexibility index (Phi) is 7.30. The summed E-state index contributed by atoms with van der Waals surface area (Å²) in [6, 6.07) is 5.85. The summed E-state index contributed by atoms with van der Waals surface area (Å²) >= 11 is 0. The highest BCUT2D eigenvalue weighted by Gasteiger charge is 2.35. The maximum Gasteiger partial charge on any atom is 0.315 e. The zero-order chi connectivity index (χ0) is 19.1. The second kappa shape index (κ2) is 9.46. The minimum absolute atomic E-state index is 0.000691. The fourth-order valence-corrected chi connectivity index (χ4v) is 3.35. The molecule has 0 aromatic heterocycles. The van der Waals surface area contributed by atoms with Gasteiger partial charge in [0.25, 0.3) is 0 Å². The number of esters is 1. The number of likely N-dealkylation sites (tertiary alicyclic amines) is 1. The van der Waals surface area contributed by atoms with E-state index in [1.54, 1.807) is 30.9 Å². The van der Waals surface area contributed by atoms with Crippen molar-refractivity contribution < 1.29 is 23.5 Å². The highest BCUT2D eigenvalue weighted by Crippen LogP contribution is 2.27. The Labute approximate surface area is 153 Å². The second-order valence-corrected chi connectivity index (χ2v) is 6.72. The van der Waals surface area contributed by atoms with Gasteiger partial charge in [0.2, 0.25) is 5.91 Å². The summed E-state index contributed by atoms with van der Waals surface area (Å²) in [6.45, 7) is 4.24. The van der Waals surface area contributed by atoms with Crippen LogP contribution in [0.2, 0.25) is 0 Å². The largest absolute Gasteiger partial charge is 0.465 e. The Morgan fingerprint density at radius 2 is 2.15 bits per heavy atom. The third kappa shape index (κ3) is 5.38. The second-order valence-electron chi connectivity index (χ2n) is 6.72. The molecular weight excluding hydrogens is 337 g/mol. The van der Waals surface area contributed by atoms with Crippen molar-refractivity contribution in [3.63, 3.8) is 0 Å². The molecule has 0 N–H and O–H groups in total. The Bertz CT molecular complexity index is 661. The molecule has 1 fully saturated rings. The van der Waals surface area contributed by atoms with Crippen LogP contribution in [0.15, 0.2) is 24.3 Å². The van der Waals surface area contributed by atoms with E-state index in [4.69, 9.17) is 4.74 Å². The number of nitrogens with zero attached hydrogens (tertiary/aromatic N) is 1. The average molecular weight is 363 g/mol. The molecule has 0 radical (unpaired) electrons. The third-order valence-corrected chi connectivity index (χ3v) is 4.71. The van der Waals surface area contributed by atoms with Gasteiger partial charge in [-0.3, -0.25) is 9.59 Å². The van der Waals surface area contributed by atoms with Gasteiger partial charge >= 0.3 is 5.97 Å². The van der Waals surface area contributed by atoms with E-state index in [0.717, 1.165) is 6.42 Å². The van der Waals surface area contributed by atoms with Crippen LogP contribution in [-0.4, -0.2) is 42.3 Å². The van der Waals surface area contributed by atoms with Gasteiger partial charge in [0, 0.05) is 25.4 Å². The van der Waals surface area contributed by atoms with E-state index >= 15 is 0 Å². The van der Waals surface area contributed by atoms with E-state index in [1.165, 1.54) is 12.1 Å². The highest BCUT2D eigenvalue weighted by molar-refractivity contribution is 5.83. The zero-order valence-electron chi connectivity index (χ0n) is 15.4. The lowest BCUT2D eigenvalue weighted by Crippen LogP contribution is -2.35. The topological polar surface area (TPSA) is 63.7 Å². The number of carbonyl (C=O) groups excluding carboxylic acids is 3. The third-order valence-electron chi connectivity index (χ3n) is 4.71. The molecule has 26 heavy (non-hydrogen) atoms. The molecule has 1 aliphatic heterocycles. The van der Waals surface area contributed by atoms with Crippen molar-refractivity contribution in [1.29, 1.82) is 0 Å². The van der Waals surface area contributed by atoms with Crippen LogP contribution >= 0.6 is 0 Å². The predicted octanol–water partition coefficient (Wildman–Crippen LogP) is 3.08. The fraction of sp³-hybridized carbons (Fsp3) is 0.550. The van der Waals surface area contributed by atoms with Crippen molar-refractivity contribution in [3.05, 3.63) is 35.6 Å². The number of Topliss-reactive ketones (excluding diaryl/α,β-unsaturated/α-hetero) is 1. The molecule has 2 atom stereocenters. The summed E-state index contributed by atoms with van der Waals surface area (Å²) in [5.74, 6) is -1.56. The number of ketones is 1. The van der Waals surface area contributed by atoms with Crippen LogP contribution in [0.4, 0.5) is 4.39 Å². The molecule has 6 heteroatoms. The molecule has 1 heterocycles.